The fraction of sp³-hybridized carbons (Fsp3) is 0.900. The first-order valence-corrected chi connectivity index (χ1v) is 10.2. The van der Waals surface area contributed by atoms with Crippen molar-refractivity contribution in [2.24, 2.45) is 16.8 Å². The molecule has 1 aliphatic heterocycles. The molecule has 172 valence electrons. The molecule has 0 bridgehead atoms. The Balaban J connectivity index is 0.00000784. The molecule has 1 heterocycles. The Kier molecular flexibility index (Phi) is 13.8. The number of ether oxygens (including phenoxy) is 3. The Labute approximate surface area is 193 Å². The lowest BCUT2D eigenvalue weighted by Gasteiger charge is -2.28. The lowest BCUT2D eigenvalue weighted by Crippen LogP contribution is -2.50. The number of guanidine groups is 1. The average Bonchev–Trinajstić information content (AvgIpc) is 3.05. The third kappa shape index (κ3) is 11.8. The van der Waals surface area contributed by atoms with Crippen LogP contribution in [0.3, 0.4) is 0 Å². The van der Waals surface area contributed by atoms with Crippen LogP contribution in [0.1, 0.15) is 41.0 Å². The number of rotatable bonds is 9. The highest BCUT2D eigenvalue weighted by Gasteiger charge is 2.26. The summed E-state index contributed by atoms with van der Waals surface area (Å²) in [5.41, 5.74) is -0.509. The summed E-state index contributed by atoms with van der Waals surface area (Å²) in [5, 5.41) is 6.37. The van der Waals surface area contributed by atoms with E-state index < -0.39 is 11.7 Å². The summed E-state index contributed by atoms with van der Waals surface area (Å²) in [4.78, 5) is 18.8. The molecule has 2 unspecified atom stereocenters. The number of amides is 1. The molecule has 1 aliphatic rings. The van der Waals surface area contributed by atoms with Crippen LogP contribution in [0.5, 0.6) is 0 Å². The summed E-state index contributed by atoms with van der Waals surface area (Å²) in [7, 11) is 3.47. The number of aliphatic imine (C=N–C) groups is 1. The molecule has 0 aromatic rings. The third-order valence-corrected chi connectivity index (χ3v) is 4.57. The lowest BCUT2D eigenvalue weighted by atomic mass is 10.0. The molecule has 0 spiro atoms. The van der Waals surface area contributed by atoms with Crippen molar-refractivity contribution in [3.05, 3.63) is 0 Å². The number of alkyl carbamates (subject to hydrolysis) is 1. The van der Waals surface area contributed by atoms with Gasteiger partial charge in [0.2, 0.25) is 0 Å². The Morgan fingerprint density at radius 2 is 1.97 bits per heavy atom. The molecule has 1 fully saturated rings. The van der Waals surface area contributed by atoms with Gasteiger partial charge in [-0.1, -0.05) is 13.8 Å². The second-order valence-electron chi connectivity index (χ2n) is 8.59. The fourth-order valence-corrected chi connectivity index (χ4v) is 3.00. The van der Waals surface area contributed by atoms with Crippen molar-refractivity contribution in [3.8, 4) is 0 Å². The molecule has 1 rings (SSSR count). The van der Waals surface area contributed by atoms with E-state index in [9.17, 15) is 4.79 Å². The Morgan fingerprint density at radius 3 is 2.52 bits per heavy atom. The van der Waals surface area contributed by atoms with Gasteiger partial charge in [0.25, 0.3) is 0 Å². The zero-order chi connectivity index (χ0) is 21.2. The van der Waals surface area contributed by atoms with Crippen LogP contribution < -0.4 is 10.6 Å². The van der Waals surface area contributed by atoms with Gasteiger partial charge in [0.15, 0.2) is 5.96 Å². The van der Waals surface area contributed by atoms with E-state index in [-0.39, 0.29) is 35.9 Å². The van der Waals surface area contributed by atoms with Crippen molar-refractivity contribution in [2.45, 2.75) is 52.7 Å². The van der Waals surface area contributed by atoms with E-state index in [2.05, 4.69) is 34.4 Å². The first-order valence-electron chi connectivity index (χ1n) is 10.2. The molecule has 0 aromatic carbocycles. The van der Waals surface area contributed by atoms with Crippen molar-refractivity contribution < 1.29 is 19.0 Å². The molecular formula is C20H41IN4O4. The number of hydrogen-bond donors (Lipinski definition) is 2. The van der Waals surface area contributed by atoms with E-state index in [1.807, 2.05) is 20.8 Å². The molecule has 0 saturated carbocycles. The van der Waals surface area contributed by atoms with Crippen LogP contribution in [0, 0.1) is 11.8 Å². The summed E-state index contributed by atoms with van der Waals surface area (Å²) in [5.74, 6) is 1.62. The van der Waals surface area contributed by atoms with Crippen molar-refractivity contribution in [1.82, 2.24) is 15.5 Å². The molecule has 2 N–H and O–H groups in total. The highest BCUT2D eigenvalue weighted by molar-refractivity contribution is 14.0. The minimum Gasteiger partial charge on any atom is -0.444 e. The van der Waals surface area contributed by atoms with Crippen molar-refractivity contribution in [2.75, 3.05) is 53.6 Å². The first-order chi connectivity index (χ1) is 13.2. The van der Waals surface area contributed by atoms with Gasteiger partial charge in [0.05, 0.1) is 25.9 Å². The number of likely N-dealkylation sites (tertiary alicyclic amines) is 1. The molecule has 29 heavy (non-hydrogen) atoms. The molecule has 8 nitrogen and oxygen atoms in total. The van der Waals surface area contributed by atoms with Crippen molar-refractivity contribution >= 4 is 36.0 Å². The van der Waals surface area contributed by atoms with Gasteiger partial charge in [-0.25, -0.2) is 4.79 Å². The van der Waals surface area contributed by atoms with E-state index in [0.29, 0.717) is 25.7 Å². The number of halogens is 1. The molecule has 0 aliphatic carbocycles. The number of hydrogen-bond acceptors (Lipinski definition) is 5. The molecule has 1 saturated heterocycles. The summed E-state index contributed by atoms with van der Waals surface area (Å²) in [6.45, 7) is 14.2. The van der Waals surface area contributed by atoms with E-state index >= 15 is 0 Å². The van der Waals surface area contributed by atoms with Gasteiger partial charge in [0.1, 0.15) is 5.60 Å². The molecule has 1 amide bonds. The highest BCUT2D eigenvalue weighted by Crippen LogP contribution is 2.16. The number of nitrogens with one attached hydrogen (secondary N) is 2. The van der Waals surface area contributed by atoms with Crippen LogP contribution >= 0.6 is 24.0 Å². The fourth-order valence-electron chi connectivity index (χ4n) is 3.00. The highest BCUT2D eigenvalue weighted by atomic mass is 127. The zero-order valence-corrected chi connectivity index (χ0v) is 21.4. The SMILES string of the molecule is CN=C(NCC(NC(=O)OC(C)(C)C)C(C)C)N1CCC(COCCOC)C1.I. The van der Waals surface area contributed by atoms with Crippen LogP contribution in [-0.2, 0) is 14.2 Å². The van der Waals surface area contributed by atoms with Crippen LogP contribution in [-0.4, -0.2) is 82.2 Å². The summed E-state index contributed by atoms with van der Waals surface area (Å²) < 4.78 is 16.0. The smallest absolute Gasteiger partial charge is 0.407 e. The van der Waals surface area contributed by atoms with Gasteiger partial charge < -0.3 is 29.7 Å². The maximum absolute atomic E-state index is 12.1. The predicted octanol–water partition coefficient (Wildman–Crippen LogP) is 2.71. The lowest BCUT2D eigenvalue weighted by molar-refractivity contribution is 0.0491. The van der Waals surface area contributed by atoms with Crippen molar-refractivity contribution in [1.29, 1.82) is 0 Å². The molecular weight excluding hydrogens is 487 g/mol. The largest absolute Gasteiger partial charge is 0.444 e. The molecule has 0 radical (unpaired) electrons. The van der Waals surface area contributed by atoms with Gasteiger partial charge >= 0.3 is 6.09 Å². The summed E-state index contributed by atoms with van der Waals surface area (Å²) >= 11 is 0. The minimum absolute atomic E-state index is 0. The Morgan fingerprint density at radius 1 is 1.28 bits per heavy atom. The van der Waals surface area contributed by atoms with Gasteiger partial charge in [-0.2, -0.15) is 0 Å². The standard InChI is InChI=1S/C20H40N4O4.HI/c1-15(2)17(23-19(25)28-20(3,4)5)12-22-18(21-6)24-9-8-16(13-24)14-27-11-10-26-7;/h15-17H,8-14H2,1-7H3,(H,21,22)(H,23,25);1H. The molecule has 9 heteroatoms. The van der Waals surface area contributed by atoms with Gasteiger partial charge in [-0.3, -0.25) is 4.99 Å². The normalized spacial score (nSPS) is 18.4. The predicted molar refractivity (Wildman–Crippen MR) is 127 cm³/mol. The van der Waals surface area contributed by atoms with Gasteiger partial charge in [-0.05, 0) is 33.1 Å². The van der Waals surface area contributed by atoms with E-state index in [1.165, 1.54) is 0 Å². The third-order valence-electron chi connectivity index (χ3n) is 4.57. The quantitative estimate of drug-likeness (QED) is 0.207. The summed E-state index contributed by atoms with van der Waals surface area (Å²) in [6, 6.07) is -0.0534. The van der Waals surface area contributed by atoms with Crippen LogP contribution in [0.2, 0.25) is 0 Å². The molecule has 0 aromatic heterocycles. The second-order valence-corrected chi connectivity index (χ2v) is 8.59. The van der Waals surface area contributed by atoms with E-state index in [0.717, 1.165) is 32.1 Å². The van der Waals surface area contributed by atoms with Crippen LogP contribution in [0.15, 0.2) is 4.99 Å². The average molecular weight is 528 g/mol. The monoisotopic (exact) mass is 528 g/mol. The van der Waals surface area contributed by atoms with E-state index in [4.69, 9.17) is 14.2 Å². The van der Waals surface area contributed by atoms with E-state index in [1.54, 1.807) is 14.2 Å². The number of nitrogens with zero attached hydrogens (tertiary/aromatic N) is 2. The number of methoxy groups -OCH3 is 1. The van der Waals surface area contributed by atoms with Gasteiger partial charge in [0, 0.05) is 39.7 Å². The first kappa shape index (κ1) is 28.2. The number of carbonyl (C=O) groups is 1. The van der Waals surface area contributed by atoms with Crippen LogP contribution in [0.25, 0.3) is 0 Å². The van der Waals surface area contributed by atoms with Crippen LogP contribution in [0.4, 0.5) is 4.79 Å². The second kappa shape index (κ2) is 14.2. The number of carbonyl (C=O) groups excluding carboxylic acids is 1. The van der Waals surface area contributed by atoms with Crippen molar-refractivity contribution in [3.63, 3.8) is 0 Å². The maximum atomic E-state index is 12.1. The Hall–Kier alpha value is -0.810. The topological polar surface area (TPSA) is 84.4 Å². The maximum Gasteiger partial charge on any atom is 0.407 e. The summed E-state index contributed by atoms with van der Waals surface area (Å²) in [6.07, 6.45) is 0.690. The minimum atomic E-state index is -0.509. The Bertz CT molecular complexity index is 497. The zero-order valence-electron chi connectivity index (χ0n) is 19.1. The van der Waals surface area contributed by atoms with Gasteiger partial charge in [-0.15, -0.1) is 24.0 Å². The molecule has 2 atom stereocenters.